The lowest BCUT2D eigenvalue weighted by atomic mass is 9.89. The van der Waals surface area contributed by atoms with Gasteiger partial charge < -0.3 is 14.6 Å². The van der Waals surface area contributed by atoms with Gasteiger partial charge in [-0.1, -0.05) is 66.2 Å². The average Bonchev–Trinajstić information content (AvgIpc) is 3.25. The van der Waals surface area contributed by atoms with Crippen LogP contribution in [0.5, 0.6) is 0 Å². The summed E-state index contributed by atoms with van der Waals surface area (Å²) in [6, 6.07) is 27.3. The standard InChI is InChI=1S/C26H21ClN2O2/c1-26(25(30)31-17-18-7-3-2-4-8-18)24-21(19-11-13-20(27)14-12-19)15-16-29(24)23-10-6-5-9-22(23)28-26/h2-16,28H,17H2,1H3/t26-/m0/s1. The zero-order chi connectivity index (χ0) is 21.4. The van der Waals surface area contributed by atoms with Gasteiger partial charge in [0.2, 0.25) is 0 Å². The van der Waals surface area contributed by atoms with Crippen molar-refractivity contribution >= 4 is 23.3 Å². The Labute approximate surface area is 186 Å². The second kappa shape index (κ2) is 7.64. The molecule has 1 aliphatic heterocycles. The summed E-state index contributed by atoms with van der Waals surface area (Å²) in [5.74, 6) is -0.332. The number of halogens is 1. The molecule has 0 aliphatic carbocycles. The number of hydrogen-bond acceptors (Lipinski definition) is 3. The molecule has 1 N–H and O–H groups in total. The van der Waals surface area contributed by atoms with Crippen LogP contribution < -0.4 is 5.32 Å². The van der Waals surface area contributed by atoms with Crippen LogP contribution in [-0.2, 0) is 21.7 Å². The first-order valence-corrected chi connectivity index (χ1v) is 10.5. The maximum atomic E-state index is 13.5. The van der Waals surface area contributed by atoms with E-state index < -0.39 is 5.54 Å². The molecule has 5 rings (SSSR count). The van der Waals surface area contributed by atoms with Crippen LogP contribution in [0.4, 0.5) is 5.69 Å². The fraction of sp³-hybridized carbons (Fsp3) is 0.115. The van der Waals surface area contributed by atoms with E-state index in [1.54, 1.807) is 0 Å². The van der Waals surface area contributed by atoms with Crippen LogP contribution in [-0.4, -0.2) is 10.5 Å². The van der Waals surface area contributed by atoms with Gasteiger partial charge >= 0.3 is 5.97 Å². The van der Waals surface area contributed by atoms with Crippen LogP contribution in [0.25, 0.3) is 16.8 Å². The van der Waals surface area contributed by atoms with Gasteiger partial charge in [-0.3, -0.25) is 0 Å². The Bertz CT molecular complexity index is 1250. The third-order valence-corrected chi connectivity index (χ3v) is 5.94. The zero-order valence-corrected chi connectivity index (χ0v) is 17.8. The number of aromatic nitrogens is 1. The summed E-state index contributed by atoms with van der Waals surface area (Å²) < 4.78 is 7.85. The monoisotopic (exact) mass is 428 g/mol. The van der Waals surface area contributed by atoms with Crippen LogP contribution in [0.15, 0.2) is 91.1 Å². The van der Waals surface area contributed by atoms with Crippen LogP contribution in [0.1, 0.15) is 18.2 Å². The number of nitrogens with zero attached hydrogens (tertiary/aromatic N) is 1. The lowest BCUT2D eigenvalue weighted by Crippen LogP contribution is -2.46. The van der Waals surface area contributed by atoms with Crippen molar-refractivity contribution in [2.75, 3.05) is 5.32 Å². The number of carbonyl (C=O) groups excluding carboxylic acids is 1. The number of fused-ring (bicyclic) bond motifs is 3. The fourth-order valence-electron chi connectivity index (χ4n) is 4.14. The van der Waals surface area contributed by atoms with Gasteiger partial charge in [0.25, 0.3) is 0 Å². The molecule has 1 aromatic heterocycles. The van der Waals surface area contributed by atoms with E-state index >= 15 is 0 Å². The molecule has 31 heavy (non-hydrogen) atoms. The van der Waals surface area contributed by atoms with Crippen molar-refractivity contribution in [1.82, 2.24) is 4.57 Å². The summed E-state index contributed by atoms with van der Waals surface area (Å²) in [5.41, 5.74) is 4.54. The van der Waals surface area contributed by atoms with Crippen molar-refractivity contribution < 1.29 is 9.53 Å². The topological polar surface area (TPSA) is 43.3 Å². The molecule has 0 unspecified atom stereocenters. The molecule has 4 aromatic rings. The van der Waals surface area contributed by atoms with E-state index in [0.717, 1.165) is 33.8 Å². The number of para-hydroxylation sites is 2. The van der Waals surface area contributed by atoms with E-state index in [2.05, 4.69) is 9.88 Å². The number of esters is 1. The van der Waals surface area contributed by atoms with E-state index in [9.17, 15) is 4.79 Å². The molecule has 154 valence electrons. The van der Waals surface area contributed by atoms with Gasteiger partial charge in [0.05, 0.1) is 17.1 Å². The smallest absolute Gasteiger partial charge is 0.338 e. The Kier molecular flexibility index (Phi) is 4.79. The van der Waals surface area contributed by atoms with Crippen LogP contribution >= 0.6 is 11.6 Å². The summed E-state index contributed by atoms with van der Waals surface area (Å²) >= 11 is 6.10. The highest BCUT2D eigenvalue weighted by Crippen LogP contribution is 2.43. The van der Waals surface area contributed by atoms with E-state index in [1.807, 2.05) is 98.0 Å². The molecule has 0 fully saturated rings. The second-order valence-corrected chi connectivity index (χ2v) is 8.22. The van der Waals surface area contributed by atoms with Crippen molar-refractivity contribution in [1.29, 1.82) is 0 Å². The Balaban J connectivity index is 1.59. The number of rotatable bonds is 4. The summed E-state index contributed by atoms with van der Waals surface area (Å²) in [4.78, 5) is 13.5. The van der Waals surface area contributed by atoms with E-state index in [1.165, 1.54) is 0 Å². The fourth-order valence-corrected chi connectivity index (χ4v) is 4.26. The van der Waals surface area contributed by atoms with Crippen molar-refractivity contribution in [3.63, 3.8) is 0 Å². The summed E-state index contributed by atoms with van der Waals surface area (Å²) in [5, 5.41) is 4.12. The van der Waals surface area contributed by atoms with Crippen molar-refractivity contribution in [2.45, 2.75) is 19.1 Å². The van der Waals surface area contributed by atoms with Gasteiger partial charge in [-0.2, -0.15) is 0 Å². The Morgan fingerprint density at radius 2 is 1.68 bits per heavy atom. The van der Waals surface area contributed by atoms with Crippen molar-refractivity contribution in [3.05, 3.63) is 107 Å². The number of nitrogens with one attached hydrogen (secondary N) is 1. The highest BCUT2D eigenvalue weighted by atomic mass is 35.5. The first-order valence-electron chi connectivity index (χ1n) is 10.1. The molecule has 0 spiro atoms. The number of hydrogen-bond donors (Lipinski definition) is 1. The van der Waals surface area contributed by atoms with Crippen LogP contribution in [0.2, 0.25) is 5.02 Å². The number of benzene rings is 3. The highest BCUT2D eigenvalue weighted by Gasteiger charge is 2.45. The Morgan fingerprint density at radius 3 is 2.45 bits per heavy atom. The minimum atomic E-state index is -1.07. The molecule has 5 heteroatoms. The summed E-state index contributed by atoms with van der Waals surface area (Å²) in [6.45, 7) is 2.09. The van der Waals surface area contributed by atoms with E-state index in [0.29, 0.717) is 5.02 Å². The van der Waals surface area contributed by atoms with Crippen molar-refractivity contribution in [2.24, 2.45) is 0 Å². The minimum absolute atomic E-state index is 0.218. The largest absolute Gasteiger partial charge is 0.459 e. The van der Waals surface area contributed by atoms with Gasteiger partial charge in [-0.05, 0) is 48.4 Å². The molecule has 4 nitrogen and oxygen atoms in total. The summed E-state index contributed by atoms with van der Waals surface area (Å²) in [7, 11) is 0. The first-order chi connectivity index (χ1) is 15.1. The normalized spacial score (nSPS) is 16.7. The van der Waals surface area contributed by atoms with Crippen LogP contribution in [0.3, 0.4) is 0 Å². The third-order valence-electron chi connectivity index (χ3n) is 5.68. The van der Waals surface area contributed by atoms with Gasteiger partial charge in [0.15, 0.2) is 5.54 Å². The Morgan fingerprint density at radius 1 is 0.968 bits per heavy atom. The molecular weight excluding hydrogens is 408 g/mol. The highest BCUT2D eigenvalue weighted by molar-refractivity contribution is 6.30. The number of ether oxygens (including phenoxy) is 1. The molecule has 1 atom stereocenters. The van der Waals surface area contributed by atoms with Gasteiger partial charge in [-0.25, -0.2) is 4.79 Å². The zero-order valence-electron chi connectivity index (χ0n) is 17.0. The minimum Gasteiger partial charge on any atom is -0.459 e. The predicted molar refractivity (Wildman–Crippen MR) is 123 cm³/mol. The van der Waals surface area contributed by atoms with Crippen LogP contribution in [0, 0.1) is 0 Å². The molecule has 0 radical (unpaired) electrons. The quantitative estimate of drug-likeness (QED) is 0.394. The van der Waals surface area contributed by atoms with E-state index in [4.69, 9.17) is 16.3 Å². The lowest BCUT2D eigenvalue weighted by Gasteiger charge is -2.37. The molecule has 0 saturated carbocycles. The number of carbonyl (C=O) groups is 1. The molecular formula is C26H21ClN2O2. The molecule has 3 aromatic carbocycles. The molecule has 2 heterocycles. The maximum absolute atomic E-state index is 13.5. The van der Waals surface area contributed by atoms with Gasteiger partial charge in [0, 0.05) is 16.8 Å². The van der Waals surface area contributed by atoms with Crippen molar-refractivity contribution in [3.8, 4) is 16.8 Å². The molecule has 0 bridgehead atoms. The van der Waals surface area contributed by atoms with E-state index in [-0.39, 0.29) is 12.6 Å². The van der Waals surface area contributed by atoms with Gasteiger partial charge in [-0.15, -0.1) is 0 Å². The second-order valence-electron chi connectivity index (χ2n) is 7.78. The van der Waals surface area contributed by atoms with Gasteiger partial charge in [0.1, 0.15) is 6.61 Å². The lowest BCUT2D eigenvalue weighted by molar-refractivity contribution is -0.150. The molecule has 0 saturated heterocycles. The number of anilines is 1. The third kappa shape index (κ3) is 3.39. The first kappa shape index (κ1) is 19.5. The predicted octanol–water partition coefficient (Wildman–Crippen LogP) is 6.18. The Hall–Kier alpha value is -3.50. The SMILES string of the molecule is C[C@]1(C(=O)OCc2ccccc2)Nc2ccccc2-n2ccc(-c3ccc(Cl)cc3)c21. The molecule has 1 aliphatic rings. The summed E-state index contributed by atoms with van der Waals surface area (Å²) in [6.07, 6.45) is 2.00. The molecule has 0 amide bonds. The maximum Gasteiger partial charge on any atom is 0.338 e. The average molecular weight is 429 g/mol.